The minimum absolute atomic E-state index is 0.0428. The van der Waals surface area contributed by atoms with Gasteiger partial charge in [0.25, 0.3) is 11.8 Å². The van der Waals surface area contributed by atoms with Crippen molar-refractivity contribution in [1.29, 1.82) is 0 Å². The summed E-state index contributed by atoms with van der Waals surface area (Å²) in [5, 5.41) is 7.62. The van der Waals surface area contributed by atoms with Gasteiger partial charge in [0.05, 0.1) is 5.54 Å². The highest BCUT2D eigenvalue weighted by Gasteiger charge is 2.36. The topological polar surface area (TPSA) is 86.5 Å². The van der Waals surface area contributed by atoms with E-state index in [2.05, 4.69) is 15.5 Å². The molecular weight excluding hydrogens is 460 g/mol. The predicted octanol–water partition coefficient (Wildman–Crippen LogP) is 4.84. The number of aromatic nitrogens is 2. The Bertz CT molecular complexity index is 1170. The van der Waals surface area contributed by atoms with Gasteiger partial charge in [-0.3, -0.25) is 4.79 Å². The number of nitrogens with zero attached hydrogens (tertiary/aromatic N) is 2. The number of hydrogen-bond donors (Lipinski definition) is 1. The summed E-state index contributed by atoms with van der Waals surface area (Å²) in [5.74, 6) is 0.338. The number of amides is 1. The summed E-state index contributed by atoms with van der Waals surface area (Å²) in [5.41, 5.74) is 0.214. The van der Waals surface area contributed by atoms with E-state index in [1.54, 1.807) is 24.3 Å². The van der Waals surface area contributed by atoms with Crippen LogP contribution in [0.1, 0.15) is 25.1 Å². The SMILES string of the molecule is CC1(NC(=O)COc2ccc(Cl)cc2F)C=C(c2nc(COc3ccc(Cl)cc3)no2)C1. The lowest BCUT2D eigenvalue weighted by molar-refractivity contribution is -0.124. The molecule has 1 N–H and O–H groups in total. The van der Waals surface area contributed by atoms with Gasteiger partial charge in [-0.1, -0.05) is 34.4 Å². The van der Waals surface area contributed by atoms with Gasteiger partial charge >= 0.3 is 0 Å². The largest absolute Gasteiger partial charge is 0.485 e. The molecule has 3 aromatic rings. The van der Waals surface area contributed by atoms with Gasteiger partial charge in [-0.15, -0.1) is 0 Å². The van der Waals surface area contributed by atoms with Crippen molar-refractivity contribution >= 4 is 34.7 Å². The van der Waals surface area contributed by atoms with Crippen LogP contribution in [0.4, 0.5) is 4.39 Å². The van der Waals surface area contributed by atoms with Gasteiger partial charge in [-0.05, 0) is 49.4 Å². The van der Waals surface area contributed by atoms with Crippen LogP contribution >= 0.6 is 23.2 Å². The van der Waals surface area contributed by atoms with Crippen molar-refractivity contribution in [3.8, 4) is 11.5 Å². The lowest BCUT2D eigenvalue weighted by atomic mass is 9.80. The Balaban J connectivity index is 1.28. The molecule has 0 radical (unpaired) electrons. The predicted molar refractivity (Wildman–Crippen MR) is 116 cm³/mol. The number of nitrogens with one attached hydrogen (secondary N) is 1. The Hall–Kier alpha value is -3.10. The van der Waals surface area contributed by atoms with E-state index in [1.165, 1.54) is 12.1 Å². The van der Waals surface area contributed by atoms with Crippen LogP contribution in [-0.2, 0) is 11.4 Å². The first kappa shape index (κ1) is 22.1. The first-order chi connectivity index (χ1) is 15.3. The minimum Gasteiger partial charge on any atom is -0.485 e. The molecule has 1 aliphatic rings. The van der Waals surface area contributed by atoms with E-state index in [0.717, 1.165) is 11.6 Å². The Labute approximate surface area is 193 Å². The van der Waals surface area contributed by atoms with E-state index < -0.39 is 11.4 Å². The number of carbonyl (C=O) groups excluding carboxylic acids is 1. The van der Waals surface area contributed by atoms with Crippen LogP contribution in [-0.4, -0.2) is 28.2 Å². The molecule has 7 nitrogen and oxygen atoms in total. The molecule has 1 heterocycles. The molecule has 1 atom stereocenters. The van der Waals surface area contributed by atoms with Gasteiger partial charge in [0.1, 0.15) is 5.75 Å². The Kier molecular flexibility index (Phi) is 6.34. The van der Waals surface area contributed by atoms with Crippen LogP contribution < -0.4 is 14.8 Å². The maximum Gasteiger partial charge on any atom is 0.258 e. The molecular formula is C22H18Cl2FN3O4. The summed E-state index contributed by atoms with van der Waals surface area (Å²) in [6.45, 7) is 1.66. The lowest BCUT2D eigenvalue weighted by Gasteiger charge is -2.35. The van der Waals surface area contributed by atoms with Crippen molar-refractivity contribution in [2.75, 3.05) is 6.61 Å². The maximum atomic E-state index is 13.7. The van der Waals surface area contributed by atoms with Crippen LogP contribution in [0.25, 0.3) is 5.57 Å². The molecule has 1 unspecified atom stereocenters. The molecule has 32 heavy (non-hydrogen) atoms. The second kappa shape index (κ2) is 9.18. The zero-order valence-electron chi connectivity index (χ0n) is 16.9. The number of benzene rings is 2. The standard InChI is InChI=1S/C22H18Cl2FN3O4/c1-22(27-20(29)12-31-18-7-4-15(24)8-17(18)25)9-13(10-22)21-26-19(28-32-21)11-30-16-5-2-14(23)3-6-16/h2-9H,10-12H2,1H3,(H,27,29). The quantitative estimate of drug-likeness (QED) is 0.499. The lowest BCUT2D eigenvalue weighted by Crippen LogP contribution is -2.50. The van der Waals surface area contributed by atoms with E-state index in [9.17, 15) is 9.18 Å². The van der Waals surface area contributed by atoms with Gasteiger partial charge in [-0.2, -0.15) is 4.98 Å². The second-order valence-electron chi connectivity index (χ2n) is 7.43. The molecule has 0 bridgehead atoms. The van der Waals surface area contributed by atoms with Crippen LogP contribution in [0.2, 0.25) is 10.0 Å². The number of halogens is 3. The van der Waals surface area contributed by atoms with Crippen molar-refractivity contribution < 1.29 is 23.2 Å². The van der Waals surface area contributed by atoms with Crippen LogP contribution in [0, 0.1) is 5.82 Å². The van der Waals surface area contributed by atoms with Gasteiger partial charge < -0.3 is 19.3 Å². The third-order valence-electron chi connectivity index (χ3n) is 4.65. The molecule has 166 valence electrons. The highest BCUT2D eigenvalue weighted by Crippen LogP contribution is 2.36. The van der Waals surface area contributed by atoms with Crippen molar-refractivity contribution in [1.82, 2.24) is 15.5 Å². The van der Waals surface area contributed by atoms with Crippen molar-refractivity contribution in [2.24, 2.45) is 0 Å². The van der Waals surface area contributed by atoms with Gasteiger partial charge in [0, 0.05) is 22.0 Å². The maximum absolute atomic E-state index is 13.7. The summed E-state index contributed by atoms with van der Waals surface area (Å²) in [7, 11) is 0. The third kappa shape index (κ3) is 5.38. The van der Waals surface area contributed by atoms with Crippen molar-refractivity contribution in [3.63, 3.8) is 0 Å². The summed E-state index contributed by atoms with van der Waals surface area (Å²) in [6.07, 6.45) is 2.32. The van der Waals surface area contributed by atoms with Crippen LogP contribution in [0.15, 0.2) is 53.1 Å². The number of ether oxygens (including phenoxy) is 2. The molecule has 0 saturated heterocycles. The average Bonchev–Trinajstić information content (AvgIpc) is 3.19. The van der Waals surface area contributed by atoms with E-state index in [0.29, 0.717) is 28.9 Å². The number of rotatable bonds is 8. The molecule has 0 fully saturated rings. The molecule has 1 amide bonds. The average molecular weight is 478 g/mol. The van der Waals surface area contributed by atoms with Crippen LogP contribution in [0.3, 0.4) is 0 Å². The normalized spacial score (nSPS) is 17.3. The Morgan fingerprint density at radius 2 is 1.91 bits per heavy atom. The first-order valence-corrected chi connectivity index (χ1v) is 10.4. The molecule has 0 aliphatic heterocycles. The zero-order valence-corrected chi connectivity index (χ0v) is 18.4. The number of hydrogen-bond acceptors (Lipinski definition) is 6. The molecule has 1 aromatic heterocycles. The fraction of sp³-hybridized carbons (Fsp3) is 0.227. The van der Waals surface area contributed by atoms with Gasteiger partial charge in [0.2, 0.25) is 5.82 Å². The fourth-order valence-corrected chi connectivity index (χ4v) is 3.47. The summed E-state index contributed by atoms with van der Waals surface area (Å²) < 4.78 is 29.8. The minimum atomic E-state index is -0.630. The Morgan fingerprint density at radius 3 is 2.62 bits per heavy atom. The fourth-order valence-electron chi connectivity index (χ4n) is 3.18. The van der Waals surface area contributed by atoms with Crippen molar-refractivity contribution in [3.05, 3.63) is 76.1 Å². The molecule has 0 saturated carbocycles. The third-order valence-corrected chi connectivity index (χ3v) is 5.14. The number of carbonyl (C=O) groups is 1. The molecule has 0 spiro atoms. The highest BCUT2D eigenvalue weighted by molar-refractivity contribution is 6.30. The summed E-state index contributed by atoms with van der Waals surface area (Å²) in [6, 6.07) is 10.9. The second-order valence-corrected chi connectivity index (χ2v) is 8.31. The van der Waals surface area contributed by atoms with Crippen molar-refractivity contribution in [2.45, 2.75) is 25.5 Å². The monoisotopic (exact) mass is 477 g/mol. The Morgan fingerprint density at radius 1 is 1.19 bits per heavy atom. The summed E-state index contributed by atoms with van der Waals surface area (Å²) >= 11 is 11.5. The zero-order chi connectivity index (χ0) is 22.7. The van der Waals surface area contributed by atoms with E-state index in [1.807, 2.05) is 13.0 Å². The smallest absolute Gasteiger partial charge is 0.258 e. The van der Waals surface area contributed by atoms with E-state index in [-0.39, 0.29) is 29.9 Å². The molecule has 4 rings (SSSR count). The van der Waals surface area contributed by atoms with Gasteiger partial charge in [-0.25, -0.2) is 4.39 Å². The van der Waals surface area contributed by atoms with E-state index >= 15 is 0 Å². The van der Waals surface area contributed by atoms with Crippen LogP contribution in [0.5, 0.6) is 11.5 Å². The van der Waals surface area contributed by atoms with E-state index in [4.69, 9.17) is 37.2 Å². The summed E-state index contributed by atoms with van der Waals surface area (Å²) in [4.78, 5) is 16.5. The van der Waals surface area contributed by atoms with Gasteiger partial charge in [0.15, 0.2) is 24.8 Å². The highest BCUT2D eigenvalue weighted by atomic mass is 35.5. The molecule has 10 heteroatoms. The first-order valence-electron chi connectivity index (χ1n) is 9.62. The molecule has 1 aliphatic carbocycles. The molecule has 2 aromatic carbocycles.